The van der Waals surface area contributed by atoms with E-state index in [-0.39, 0.29) is 17.5 Å². The van der Waals surface area contributed by atoms with Crippen LogP contribution >= 0.6 is 0 Å². The van der Waals surface area contributed by atoms with Gasteiger partial charge in [0.2, 0.25) is 5.91 Å². The molecule has 2 amide bonds. The van der Waals surface area contributed by atoms with Crippen molar-refractivity contribution in [2.24, 2.45) is 5.92 Å². The number of nitrogens with one attached hydrogen (secondary N) is 1. The molecule has 0 spiro atoms. The van der Waals surface area contributed by atoms with E-state index in [0.29, 0.717) is 24.6 Å². The van der Waals surface area contributed by atoms with Crippen molar-refractivity contribution in [1.82, 2.24) is 15.4 Å². The third-order valence-electron chi connectivity index (χ3n) is 5.39. The van der Waals surface area contributed by atoms with E-state index >= 15 is 0 Å². The fourth-order valence-corrected chi connectivity index (χ4v) is 3.51. The Balaban J connectivity index is 1.48. The Kier molecular flexibility index (Phi) is 4.97. The average Bonchev–Trinajstić information content (AvgIpc) is 3.40. The van der Waals surface area contributed by atoms with Crippen LogP contribution in [0.25, 0.3) is 11.3 Å². The maximum Gasteiger partial charge on any atom is 0.276 e. The van der Waals surface area contributed by atoms with Gasteiger partial charge >= 0.3 is 0 Å². The molecule has 27 heavy (non-hydrogen) atoms. The highest BCUT2D eigenvalue weighted by molar-refractivity contribution is 5.96. The summed E-state index contributed by atoms with van der Waals surface area (Å²) in [5.74, 6) is 0.903. The zero-order chi connectivity index (χ0) is 18.8. The topological polar surface area (TPSA) is 75.4 Å². The fraction of sp³-hybridized carbons (Fsp3) is 0.476. The minimum absolute atomic E-state index is 0.0443. The normalized spacial score (nSPS) is 19.7. The third-order valence-corrected chi connectivity index (χ3v) is 5.39. The lowest BCUT2D eigenvalue weighted by Gasteiger charge is -2.34. The number of aromatic nitrogens is 1. The molecule has 2 fully saturated rings. The number of piperidine rings is 1. The molecule has 0 unspecified atom stereocenters. The molecule has 1 aromatic heterocycles. The number of rotatable bonds is 5. The highest BCUT2D eigenvalue weighted by atomic mass is 16.5. The molecule has 0 bridgehead atoms. The van der Waals surface area contributed by atoms with Gasteiger partial charge in [-0.15, -0.1) is 0 Å². The molecule has 1 N–H and O–H groups in total. The lowest BCUT2D eigenvalue weighted by atomic mass is 10.0. The Bertz CT molecular complexity index is 823. The van der Waals surface area contributed by atoms with Crippen molar-refractivity contribution < 1.29 is 14.1 Å². The van der Waals surface area contributed by atoms with E-state index in [1.807, 2.05) is 31.2 Å². The van der Waals surface area contributed by atoms with Gasteiger partial charge in [0.25, 0.3) is 5.91 Å². The molecule has 4 rings (SSSR count). The summed E-state index contributed by atoms with van der Waals surface area (Å²) in [5, 5.41) is 6.98. The predicted octanol–water partition coefficient (Wildman–Crippen LogP) is 3.17. The smallest absolute Gasteiger partial charge is 0.276 e. The summed E-state index contributed by atoms with van der Waals surface area (Å²) >= 11 is 0. The maximum absolute atomic E-state index is 13.0. The Morgan fingerprint density at radius 3 is 2.70 bits per heavy atom. The van der Waals surface area contributed by atoms with Gasteiger partial charge in [0.1, 0.15) is 6.04 Å². The van der Waals surface area contributed by atoms with Gasteiger partial charge in [-0.25, -0.2) is 0 Å². The van der Waals surface area contributed by atoms with E-state index in [0.717, 1.165) is 30.5 Å². The molecular formula is C21H25N3O3. The molecule has 1 aliphatic carbocycles. The van der Waals surface area contributed by atoms with Crippen molar-refractivity contribution in [2.45, 2.75) is 45.1 Å². The predicted molar refractivity (Wildman–Crippen MR) is 101 cm³/mol. The van der Waals surface area contributed by atoms with Crippen LogP contribution in [-0.4, -0.2) is 41.0 Å². The van der Waals surface area contributed by atoms with Crippen molar-refractivity contribution in [1.29, 1.82) is 0 Å². The van der Waals surface area contributed by atoms with E-state index in [2.05, 4.69) is 10.5 Å². The van der Waals surface area contributed by atoms with Gasteiger partial charge in [-0.05, 0) is 44.9 Å². The van der Waals surface area contributed by atoms with Crippen molar-refractivity contribution in [3.8, 4) is 11.3 Å². The summed E-state index contributed by atoms with van der Waals surface area (Å²) in [6.45, 7) is 3.32. The first kappa shape index (κ1) is 17.8. The molecule has 2 heterocycles. The van der Waals surface area contributed by atoms with Crippen LogP contribution in [0.2, 0.25) is 0 Å². The number of carbonyl (C=O) groups excluding carboxylic acids is 2. The zero-order valence-corrected chi connectivity index (χ0v) is 15.6. The molecule has 1 saturated heterocycles. The Morgan fingerprint density at radius 2 is 1.96 bits per heavy atom. The molecule has 6 heteroatoms. The summed E-state index contributed by atoms with van der Waals surface area (Å²) in [7, 11) is 0. The molecule has 0 radical (unpaired) electrons. The summed E-state index contributed by atoms with van der Waals surface area (Å²) < 4.78 is 5.39. The summed E-state index contributed by atoms with van der Waals surface area (Å²) in [5.41, 5.74) is 2.29. The van der Waals surface area contributed by atoms with Crippen LogP contribution in [0, 0.1) is 12.8 Å². The number of likely N-dealkylation sites (tertiary alicyclic amines) is 1. The van der Waals surface area contributed by atoms with Crippen molar-refractivity contribution in [3.63, 3.8) is 0 Å². The van der Waals surface area contributed by atoms with Gasteiger partial charge in [0.15, 0.2) is 11.5 Å². The second-order valence-corrected chi connectivity index (χ2v) is 7.64. The first-order valence-electron chi connectivity index (χ1n) is 9.74. The standard InChI is InChI=1S/C21H25N3O3/c1-14-5-9-16(10-6-14)19-12-17(23-27-19)21(26)24-11-3-2-4-18(24)20(25)22-13-15-7-8-15/h5-6,9-10,12,15,18H,2-4,7-8,11,13H2,1H3,(H,22,25)/t18-/m0/s1. The van der Waals surface area contributed by atoms with Gasteiger partial charge in [0.05, 0.1) is 0 Å². The van der Waals surface area contributed by atoms with E-state index < -0.39 is 6.04 Å². The van der Waals surface area contributed by atoms with Gasteiger partial charge < -0.3 is 14.7 Å². The number of benzene rings is 1. The number of aryl methyl sites for hydroxylation is 1. The lowest BCUT2D eigenvalue weighted by molar-refractivity contribution is -0.126. The Labute approximate surface area is 158 Å². The molecule has 1 atom stereocenters. The van der Waals surface area contributed by atoms with E-state index in [9.17, 15) is 9.59 Å². The van der Waals surface area contributed by atoms with Crippen molar-refractivity contribution >= 4 is 11.8 Å². The maximum atomic E-state index is 13.0. The van der Waals surface area contributed by atoms with Crippen molar-refractivity contribution in [2.75, 3.05) is 13.1 Å². The molecular weight excluding hydrogens is 342 g/mol. The third kappa shape index (κ3) is 4.04. The second-order valence-electron chi connectivity index (χ2n) is 7.64. The minimum atomic E-state index is -0.412. The first-order chi connectivity index (χ1) is 13.1. The van der Waals surface area contributed by atoms with Gasteiger partial charge in [-0.3, -0.25) is 9.59 Å². The van der Waals surface area contributed by atoms with Crippen LogP contribution in [0.4, 0.5) is 0 Å². The van der Waals surface area contributed by atoms with Crippen LogP contribution in [0.3, 0.4) is 0 Å². The highest BCUT2D eigenvalue weighted by Gasteiger charge is 2.34. The minimum Gasteiger partial charge on any atom is -0.355 e. The van der Waals surface area contributed by atoms with E-state index in [4.69, 9.17) is 4.52 Å². The summed E-state index contributed by atoms with van der Waals surface area (Å²) in [6.07, 6.45) is 4.94. The molecule has 6 nitrogen and oxygen atoms in total. The Morgan fingerprint density at radius 1 is 1.19 bits per heavy atom. The second kappa shape index (κ2) is 7.55. The van der Waals surface area contributed by atoms with E-state index in [1.165, 1.54) is 12.8 Å². The SMILES string of the molecule is Cc1ccc(-c2cc(C(=O)N3CCCC[C@H]3C(=O)NCC3CC3)no2)cc1. The average molecular weight is 367 g/mol. The van der Waals surface area contributed by atoms with Crippen LogP contribution < -0.4 is 5.32 Å². The summed E-state index contributed by atoms with van der Waals surface area (Å²) in [4.78, 5) is 27.2. The first-order valence-corrected chi connectivity index (χ1v) is 9.74. The monoisotopic (exact) mass is 367 g/mol. The molecule has 1 aromatic carbocycles. The van der Waals surface area contributed by atoms with Gasteiger partial charge in [0, 0.05) is 24.7 Å². The van der Waals surface area contributed by atoms with Crippen molar-refractivity contribution in [3.05, 3.63) is 41.6 Å². The van der Waals surface area contributed by atoms with E-state index in [1.54, 1.807) is 11.0 Å². The molecule has 2 aliphatic rings. The van der Waals surface area contributed by atoms with Crippen LogP contribution in [0.15, 0.2) is 34.9 Å². The van der Waals surface area contributed by atoms with Crippen LogP contribution in [0.5, 0.6) is 0 Å². The fourth-order valence-electron chi connectivity index (χ4n) is 3.51. The number of hydrogen-bond donors (Lipinski definition) is 1. The number of carbonyl (C=O) groups is 2. The number of hydrogen-bond acceptors (Lipinski definition) is 4. The summed E-state index contributed by atoms with van der Waals surface area (Å²) in [6, 6.07) is 9.12. The zero-order valence-electron chi connectivity index (χ0n) is 15.6. The highest BCUT2D eigenvalue weighted by Crippen LogP contribution is 2.28. The van der Waals surface area contributed by atoms with Gasteiger partial charge in [-0.2, -0.15) is 0 Å². The number of amides is 2. The molecule has 142 valence electrons. The van der Waals surface area contributed by atoms with Crippen LogP contribution in [-0.2, 0) is 4.79 Å². The Hall–Kier alpha value is -2.63. The largest absolute Gasteiger partial charge is 0.355 e. The molecule has 2 aromatic rings. The quantitative estimate of drug-likeness (QED) is 0.881. The molecule has 1 saturated carbocycles. The lowest BCUT2D eigenvalue weighted by Crippen LogP contribution is -2.52. The van der Waals surface area contributed by atoms with Gasteiger partial charge in [-0.1, -0.05) is 35.0 Å². The molecule has 1 aliphatic heterocycles. The number of nitrogens with zero attached hydrogens (tertiary/aromatic N) is 2. The van der Waals surface area contributed by atoms with Crippen LogP contribution in [0.1, 0.15) is 48.2 Å².